The number of ether oxygens (including phenoxy) is 1. The highest BCUT2D eigenvalue weighted by atomic mass is 16.5. The molecule has 1 fully saturated rings. The van der Waals surface area contributed by atoms with Gasteiger partial charge in [0, 0.05) is 48.3 Å². The summed E-state index contributed by atoms with van der Waals surface area (Å²) in [7, 11) is 1.58. The summed E-state index contributed by atoms with van der Waals surface area (Å²) in [5, 5.41) is 3.07. The van der Waals surface area contributed by atoms with Crippen LogP contribution in [0.3, 0.4) is 0 Å². The molecule has 3 aromatic rings. The summed E-state index contributed by atoms with van der Waals surface area (Å²) < 4.78 is 7.18. The zero-order chi connectivity index (χ0) is 20.9. The number of likely N-dealkylation sites (tertiary alicyclic amines) is 1. The van der Waals surface area contributed by atoms with E-state index in [1.165, 1.54) is 0 Å². The summed E-state index contributed by atoms with van der Waals surface area (Å²) in [4.78, 5) is 27.2. The van der Waals surface area contributed by atoms with Gasteiger partial charge >= 0.3 is 0 Å². The molecule has 0 radical (unpaired) electrons. The number of hydrogen-bond donors (Lipinski definition) is 1. The van der Waals surface area contributed by atoms with E-state index >= 15 is 0 Å². The fourth-order valence-electron chi connectivity index (χ4n) is 3.73. The van der Waals surface area contributed by atoms with Crippen LogP contribution in [0.2, 0.25) is 0 Å². The van der Waals surface area contributed by atoms with Crippen LogP contribution in [0.15, 0.2) is 73.1 Å². The molecule has 0 atom stereocenters. The van der Waals surface area contributed by atoms with E-state index < -0.39 is 0 Å². The number of rotatable bonds is 5. The molecular weight excluding hydrogens is 378 g/mol. The van der Waals surface area contributed by atoms with Crippen molar-refractivity contribution >= 4 is 11.8 Å². The Hall–Kier alpha value is -3.54. The van der Waals surface area contributed by atoms with Crippen LogP contribution in [0, 0.1) is 0 Å². The highest BCUT2D eigenvalue weighted by Crippen LogP contribution is 2.17. The minimum Gasteiger partial charge on any atom is -0.497 e. The molecule has 0 aliphatic carbocycles. The first-order valence-electron chi connectivity index (χ1n) is 10.1. The highest BCUT2D eigenvalue weighted by Gasteiger charge is 2.25. The maximum atomic E-state index is 12.8. The summed E-state index contributed by atoms with van der Waals surface area (Å²) in [5.41, 5.74) is 2.29. The van der Waals surface area contributed by atoms with Crippen LogP contribution < -0.4 is 10.1 Å². The summed E-state index contributed by atoms with van der Waals surface area (Å²) in [6.45, 7) is 1.25. The van der Waals surface area contributed by atoms with Crippen molar-refractivity contribution in [3.8, 4) is 11.4 Å². The van der Waals surface area contributed by atoms with Crippen molar-refractivity contribution in [1.82, 2.24) is 14.8 Å². The summed E-state index contributed by atoms with van der Waals surface area (Å²) in [5.74, 6) is 0.580. The van der Waals surface area contributed by atoms with Gasteiger partial charge in [0.25, 0.3) is 11.8 Å². The van der Waals surface area contributed by atoms with Crippen molar-refractivity contribution < 1.29 is 14.3 Å². The third-order valence-electron chi connectivity index (χ3n) is 5.47. The van der Waals surface area contributed by atoms with Crippen molar-refractivity contribution in [3.63, 3.8) is 0 Å². The van der Waals surface area contributed by atoms with Gasteiger partial charge in [-0.2, -0.15) is 0 Å². The van der Waals surface area contributed by atoms with Gasteiger partial charge in [-0.1, -0.05) is 6.07 Å². The Morgan fingerprint density at radius 3 is 2.30 bits per heavy atom. The van der Waals surface area contributed by atoms with Gasteiger partial charge in [0.05, 0.1) is 7.11 Å². The van der Waals surface area contributed by atoms with Gasteiger partial charge in [-0.05, 0) is 67.4 Å². The molecule has 1 N–H and O–H groups in total. The molecule has 30 heavy (non-hydrogen) atoms. The first-order valence-corrected chi connectivity index (χ1v) is 10.1. The van der Waals surface area contributed by atoms with Crippen LogP contribution in [0.4, 0.5) is 0 Å². The van der Waals surface area contributed by atoms with Crippen LogP contribution in [0.1, 0.15) is 33.6 Å². The molecule has 0 saturated carbocycles. The highest BCUT2D eigenvalue weighted by molar-refractivity contribution is 5.95. The lowest BCUT2D eigenvalue weighted by atomic mass is 10.0. The van der Waals surface area contributed by atoms with E-state index in [-0.39, 0.29) is 17.9 Å². The van der Waals surface area contributed by atoms with Crippen molar-refractivity contribution in [3.05, 3.63) is 84.2 Å². The second kappa shape index (κ2) is 8.86. The molecule has 6 nitrogen and oxygen atoms in total. The van der Waals surface area contributed by atoms with E-state index in [0.29, 0.717) is 30.0 Å². The molecule has 6 heteroatoms. The minimum atomic E-state index is -0.112. The molecule has 1 aliphatic heterocycles. The number of carbonyl (C=O) groups is 2. The average molecular weight is 403 g/mol. The number of nitrogens with one attached hydrogen (secondary N) is 1. The maximum Gasteiger partial charge on any atom is 0.253 e. The number of nitrogens with zero attached hydrogens (tertiary/aromatic N) is 2. The Kier molecular flexibility index (Phi) is 5.84. The van der Waals surface area contributed by atoms with Crippen LogP contribution in [-0.4, -0.2) is 47.5 Å². The number of hydrogen-bond acceptors (Lipinski definition) is 3. The normalized spacial score (nSPS) is 14.4. The van der Waals surface area contributed by atoms with E-state index in [1.807, 2.05) is 64.3 Å². The first kappa shape index (κ1) is 19.8. The molecule has 1 saturated heterocycles. The first-order chi connectivity index (χ1) is 14.6. The quantitative estimate of drug-likeness (QED) is 0.709. The smallest absolute Gasteiger partial charge is 0.253 e. The molecule has 0 spiro atoms. The third kappa shape index (κ3) is 4.38. The molecule has 0 unspecified atom stereocenters. The molecule has 1 aromatic heterocycles. The largest absolute Gasteiger partial charge is 0.497 e. The Bertz CT molecular complexity index is 1000. The topological polar surface area (TPSA) is 63.6 Å². The predicted molar refractivity (Wildman–Crippen MR) is 115 cm³/mol. The Balaban J connectivity index is 1.31. The molecule has 4 rings (SSSR count). The fraction of sp³-hybridized carbons (Fsp3) is 0.250. The Labute approximate surface area is 176 Å². The minimum absolute atomic E-state index is 0.0339. The summed E-state index contributed by atoms with van der Waals surface area (Å²) >= 11 is 0. The lowest BCUT2D eigenvalue weighted by Gasteiger charge is -2.32. The molecule has 154 valence electrons. The van der Waals surface area contributed by atoms with E-state index in [2.05, 4.69) is 5.32 Å². The monoisotopic (exact) mass is 403 g/mol. The lowest BCUT2D eigenvalue weighted by Crippen LogP contribution is -2.46. The maximum absolute atomic E-state index is 12.8. The Morgan fingerprint density at radius 1 is 0.933 bits per heavy atom. The fourth-order valence-corrected chi connectivity index (χ4v) is 3.73. The SMILES string of the molecule is COc1cccc(C(=O)NC2CCN(C(=O)c3ccc(-n4cccc4)cc3)CC2)c1. The number of carbonyl (C=O) groups excluding carboxylic acids is 2. The van der Waals surface area contributed by atoms with Gasteiger partial charge in [0.15, 0.2) is 0 Å². The molecule has 2 amide bonds. The predicted octanol–water partition coefficient (Wildman–Crippen LogP) is 3.52. The van der Waals surface area contributed by atoms with E-state index in [9.17, 15) is 9.59 Å². The van der Waals surface area contributed by atoms with Crippen molar-refractivity contribution in [2.24, 2.45) is 0 Å². The van der Waals surface area contributed by atoms with Gasteiger partial charge in [0.1, 0.15) is 5.75 Å². The van der Waals surface area contributed by atoms with Crippen LogP contribution in [-0.2, 0) is 0 Å². The zero-order valence-electron chi connectivity index (χ0n) is 17.0. The zero-order valence-corrected chi connectivity index (χ0v) is 17.0. The second-order valence-electron chi connectivity index (χ2n) is 7.41. The molecule has 2 aromatic carbocycles. The number of piperidine rings is 1. The van der Waals surface area contributed by atoms with Crippen molar-refractivity contribution in [2.75, 3.05) is 20.2 Å². The standard InChI is InChI=1S/C24H25N3O3/c1-30-22-6-4-5-19(17-22)23(28)25-20-11-15-27(16-12-20)24(29)18-7-9-21(10-8-18)26-13-2-3-14-26/h2-10,13-14,17,20H,11-12,15-16H2,1H3,(H,25,28). The molecule has 0 bridgehead atoms. The Morgan fingerprint density at radius 2 is 1.63 bits per heavy atom. The number of methoxy groups -OCH3 is 1. The third-order valence-corrected chi connectivity index (χ3v) is 5.47. The number of benzene rings is 2. The number of amides is 2. The molecule has 2 heterocycles. The molecule has 1 aliphatic rings. The number of aromatic nitrogens is 1. The van der Waals surface area contributed by atoms with Gasteiger partial charge < -0.3 is 19.5 Å². The summed E-state index contributed by atoms with van der Waals surface area (Å²) in [6.07, 6.45) is 5.43. The van der Waals surface area contributed by atoms with E-state index in [0.717, 1.165) is 18.5 Å². The molecular formula is C24H25N3O3. The van der Waals surface area contributed by atoms with Crippen LogP contribution in [0.25, 0.3) is 5.69 Å². The average Bonchev–Trinajstić information content (AvgIpc) is 3.34. The van der Waals surface area contributed by atoms with Gasteiger partial charge in [0.2, 0.25) is 0 Å². The van der Waals surface area contributed by atoms with E-state index in [1.54, 1.807) is 25.3 Å². The van der Waals surface area contributed by atoms with Crippen LogP contribution >= 0.6 is 0 Å². The van der Waals surface area contributed by atoms with Gasteiger partial charge in [-0.25, -0.2) is 0 Å². The van der Waals surface area contributed by atoms with Crippen LogP contribution in [0.5, 0.6) is 5.75 Å². The van der Waals surface area contributed by atoms with E-state index in [4.69, 9.17) is 4.74 Å². The second-order valence-corrected chi connectivity index (χ2v) is 7.41. The lowest BCUT2D eigenvalue weighted by molar-refractivity contribution is 0.0698. The van der Waals surface area contributed by atoms with Gasteiger partial charge in [-0.15, -0.1) is 0 Å². The van der Waals surface area contributed by atoms with Gasteiger partial charge in [-0.3, -0.25) is 9.59 Å². The summed E-state index contributed by atoms with van der Waals surface area (Å²) in [6, 6.07) is 18.8. The van der Waals surface area contributed by atoms with Crippen molar-refractivity contribution in [2.45, 2.75) is 18.9 Å². The van der Waals surface area contributed by atoms with Crippen molar-refractivity contribution in [1.29, 1.82) is 0 Å².